The molecule has 2 aromatic rings. The third-order valence-electron chi connectivity index (χ3n) is 6.48. The Morgan fingerprint density at radius 2 is 1.75 bits per heavy atom. The van der Waals surface area contributed by atoms with E-state index in [0.29, 0.717) is 6.54 Å². The third kappa shape index (κ3) is 6.35. The molecule has 0 unspecified atom stereocenters. The molecule has 1 saturated carbocycles. The van der Waals surface area contributed by atoms with E-state index >= 15 is 0 Å². The molecule has 0 bridgehead atoms. The van der Waals surface area contributed by atoms with Crippen molar-refractivity contribution in [3.8, 4) is 5.75 Å². The van der Waals surface area contributed by atoms with Gasteiger partial charge in [-0.25, -0.2) is 0 Å². The van der Waals surface area contributed by atoms with Crippen LogP contribution < -0.4 is 10.1 Å². The van der Waals surface area contributed by atoms with Gasteiger partial charge in [-0.3, -0.25) is 9.59 Å². The zero-order chi connectivity index (χ0) is 23.1. The Bertz CT molecular complexity index is 917. The molecule has 1 aliphatic rings. The van der Waals surface area contributed by atoms with E-state index in [1.807, 2.05) is 51.1 Å². The van der Waals surface area contributed by atoms with Gasteiger partial charge in [-0.15, -0.1) is 0 Å². The Kier molecular flexibility index (Phi) is 8.32. The van der Waals surface area contributed by atoms with Crippen LogP contribution in [0.4, 0.5) is 0 Å². The lowest BCUT2D eigenvalue weighted by molar-refractivity contribution is -0.140. The summed E-state index contributed by atoms with van der Waals surface area (Å²) in [5.74, 6) is 0.658. The molecule has 0 aromatic heterocycles. The fourth-order valence-electron chi connectivity index (χ4n) is 4.33. The van der Waals surface area contributed by atoms with Crippen LogP contribution in [0.15, 0.2) is 42.5 Å². The number of amides is 2. The molecule has 5 nitrogen and oxygen atoms in total. The van der Waals surface area contributed by atoms with Crippen LogP contribution in [0, 0.1) is 13.8 Å². The van der Waals surface area contributed by atoms with Crippen LogP contribution in [0.3, 0.4) is 0 Å². The van der Waals surface area contributed by atoms with Crippen molar-refractivity contribution < 1.29 is 14.3 Å². The van der Waals surface area contributed by atoms with Crippen LogP contribution in [-0.2, 0) is 22.6 Å². The SMILES string of the molecule is COc1ccc(CN(C(=O)Cc2cc(C)ccc2C)[C@H](C)C(=O)NC2CCCCC2)cc1. The first-order chi connectivity index (χ1) is 15.4. The standard InChI is InChI=1S/C27H36N2O3/c1-19-10-11-20(2)23(16-19)17-26(30)29(18-22-12-14-25(32-4)15-13-22)21(3)27(31)28-24-8-6-5-7-9-24/h10-16,21,24H,5-9,17-18H2,1-4H3,(H,28,31)/t21-/m1/s1. The number of nitrogens with one attached hydrogen (secondary N) is 1. The number of ether oxygens (including phenoxy) is 1. The minimum atomic E-state index is -0.545. The number of rotatable bonds is 8. The molecule has 32 heavy (non-hydrogen) atoms. The maximum absolute atomic E-state index is 13.5. The lowest BCUT2D eigenvalue weighted by Crippen LogP contribution is -2.50. The number of benzene rings is 2. The van der Waals surface area contributed by atoms with E-state index in [1.54, 1.807) is 12.0 Å². The van der Waals surface area contributed by atoms with E-state index in [1.165, 1.54) is 6.42 Å². The summed E-state index contributed by atoms with van der Waals surface area (Å²) in [4.78, 5) is 28.3. The average molecular weight is 437 g/mol. The molecule has 172 valence electrons. The van der Waals surface area contributed by atoms with Crippen molar-refractivity contribution in [2.24, 2.45) is 0 Å². The van der Waals surface area contributed by atoms with E-state index in [9.17, 15) is 9.59 Å². The van der Waals surface area contributed by atoms with Crippen LogP contribution in [0.25, 0.3) is 0 Å². The molecule has 1 N–H and O–H groups in total. The number of hydrogen-bond donors (Lipinski definition) is 1. The molecule has 0 heterocycles. The summed E-state index contributed by atoms with van der Waals surface area (Å²) in [6.45, 7) is 6.27. The molecule has 5 heteroatoms. The quantitative estimate of drug-likeness (QED) is 0.651. The highest BCUT2D eigenvalue weighted by molar-refractivity contribution is 5.88. The Hall–Kier alpha value is -2.82. The highest BCUT2D eigenvalue weighted by Crippen LogP contribution is 2.20. The Labute approximate surface area is 192 Å². The summed E-state index contributed by atoms with van der Waals surface area (Å²) < 4.78 is 5.25. The van der Waals surface area contributed by atoms with Crippen LogP contribution in [-0.4, -0.2) is 35.9 Å². The van der Waals surface area contributed by atoms with Gasteiger partial charge in [0.1, 0.15) is 11.8 Å². The molecular formula is C27H36N2O3. The Balaban J connectivity index is 1.79. The van der Waals surface area contributed by atoms with Crippen molar-refractivity contribution in [3.05, 3.63) is 64.7 Å². The first kappa shape index (κ1) is 23.8. The van der Waals surface area contributed by atoms with Crippen LogP contribution in [0.2, 0.25) is 0 Å². The van der Waals surface area contributed by atoms with Gasteiger partial charge in [0, 0.05) is 12.6 Å². The van der Waals surface area contributed by atoms with E-state index in [-0.39, 0.29) is 24.3 Å². The van der Waals surface area contributed by atoms with Crippen molar-refractivity contribution in [2.75, 3.05) is 7.11 Å². The van der Waals surface area contributed by atoms with Gasteiger partial charge in [0.25, 0.3) is 0 Å². The van der Waals surface area contributed by atoms with Crippen molar-refractivity contribution in [1.29, 1.82) is 0 Å². The largest absolute Gasteiger partial charge is 0.497 e. The van der Waals surface area contributed by atoms with E-state index < -0.39 is 6.04 Å². The topological polar surface area (TPSA) is 58.6 Å². The van der Waals surface area contributed by atoms with Crippen LogP contribution in [0.5, 0.6) is 5.75 Å². The third-order valence-corrected chi connectivity index (χ3v) is 6.48. The summed E-state index contributed by atoms with van der Waals surface area (Å²) in [5, 5.41) is 3.19. The Morgan fingerprint density at radius 1 is 1.06 bits per heavy atom. The maximum atomic E-state index is 13.5. The summed E-state index contributed by atoms with van der Waals surface area (Å²) in [5.41, 5.74) is 4.20. The van der Waals surface area contributed by atoms with Crippen molar-refractivity contribution in [1.82, 2.24) is 10.2 Å². The minimum absolute atomic E-state index is 0.0409. The normalized spacial score (nSPS) is 15.1. The van der Waals surface area contributed by atoms with E-state index in [0.717, 1.165) is 53.7 Å². The van der Waals surface area contributed by atoms with Crippen molar-refractivity contribution >= 4 is 11.8 Å². The van der Waals surface area contributed by atoms with E-state index in [4.69, 9.17) is 4.74 Å². The van der Waals surface area contributed by atoms with E-state index in [2.05, 4.69) is 17.4 Å². The van der Waals surface area contributed by atoms with Crippen molar-refractivity contribution in [2.45, 2.75) is 77.9 Å². The van der Waals surface area contributed by atoms with Gasteiger partial charge in [-0.2, -0.15) is 0 Å². The fourth-order valence-corrected chi connectivity index (χ4v) is 4.33. The first-order valence-corrected chi connectivity index (χ1v) is 11.7. The second kappa shape index (κ2) is 11.2. The van der Waals surface area contributed by atoms with Gasteiger partial charge in [0.15, 0.2) is 0 Å². The summed E-state index contributed by atoms with van der Waals surface area (Å²) in [6, 6.07) is 13.5. The lowest BCUT2D eigenvalue weighted by atomic mass is 9.95. The average Bonchev–Trinajstić information content (AvgIpc) is 2.80. The second-order valence-electron chi connectivity index (χ2n) is 9.00. The minimum Gasteiger partial charge on any atom is -0.497 e. The molecule has 0 radical (unpaired) electrons. The van der Waals surface area contributed by atoms with Crippen LogP contribution >= 0.6 is 0 Å². The van der Waals surface area contributed by atoms with Gasteiger partial charge in [-0.1, -0.05) is 55.2 Å². The van der Waals surface area contributed by atoms with Gasteiger partial charge in [0.05, 0.1) is 13.5 Å². The number of methoxy groups -OCH3 is 1. The molecule has 1 fully saturated rings. The molecule has 2 amide bonds. The molecule has 3 rings (SSSR count). The lowest BCUT2D eigenvalue weighted by Gasteiger charge is -2.31. The van der Waals surface area contributed by atoms with Gasteiger partial charge < -0.3 is 15.0 Å². The Morgan fingerprint density at radius 3 is 2.41 bits per heavy atom. The fraction of sp³-hybridized carbons (Fsp3) is 0.481. The molecule has 0 saturated heterocycles. The summed E-state index contributed by atoms with van der Waals surface area (Å²) in [6.07, 6.45) is 5.87. The highest BCUT2D eigenvalue weighted by Gasteiger charge is 2.28. The van der Waals surface area contributed by atoms with Crippen molar-refractivity contribution in [3.63, 3.8) is 0 Å². The number of nitrogens with zero attached hydrogens (tertiary/aromatic N) is 1. The predicted octanol–water partition coefficient (Wildman–Crippen LogP) is 4.72. The predicted molar refractivity (Wildman–Crippen MR) is 128 cm³/mol. The number of hydrogen-bond acceptors (Lipinski definition) is 3. The number of carbonyl (C=O) groups is 2. The number of aryl methyl sites for hydroxylation is 2. The molecule has 2 aromatic carbocycles. The number of carbonyl (C=O) groups excluding carboxylic acids is 2. The first-order valence-electron chi connectivity index (χ1n) is 11.7. The van der Waals surface area contributed by atoms with Gasteiger partial charge >= 0.3 is 0 Å². The smallest absolute Gasteiger partial charge is 0.242 e. The maximum Gasteiger partial charge on any atom is 0.242 e. The highest BCUT2D eigenvalue weighted by atomic mass is 16.5. The molecule has 0 spiro atoms. The molecule has 1 aliphatic carbocycles. The second-order valence-corrected chi connectivity index (χ2v) is 9.00. The molecule has 1 atom stereocenters. The monoisotopic (exact) mass is 436 g/mol. The van der Waals surface area contributed by atoms with Crippen LogP contribution in [0.1, 0.15) is 61.3 Å². The van der Waals surface area contributed by atoms with Gasteiger partial charge in [-0.05, 0) is 62.4 Å². The molecule has 0 aliphatic heterocycles. The van der Waals surface area contributed by atoms with Gasteiger partial charge in [0.2, 0.25) is 11.8 Å². The zero-order valence-corrected chi connectivity index (χ0v) is 19.8. The summed E-state index contributed by atoms with van der Waals surface area (Å²) >= 11 is 0. The molecular weight excluding hydrogens is 400 g/mol. The summed E-state index contributed by atoms with van der Waals surface area (Å²) in [7, 11) is 1.63. The zero-order valence-electron chi connectivity index (χ0n) is 19.8.